The van der Waals surface area contributed by atoms with Crippen molar-refractivity contribution in [2.75, 3.05) is 19.3 Å². The molecule has 3 nitrogen and oxygen atoms in total. The Morgan fingerprint density at radius 1 is 1.73 bits per heavy atom. The van der Waals surface area contributed by atoms with Gasteiger partial charge in [-0.3, -0.25) is 4.79 Å². The molecule has 0 radical (unpaired) electrons. The Kier molecular flexibility index (Phi) is 5.32. The number of hydrogen-bond acceptors (Lipinski definition) is 3. The van der Waals surface area contributed by atoms with Gasteiger partial charge in [-0.1, -0.05) is 0 Å². The van der Waals surface area contributed by atoms with E-state index in [0.29, 0.717) is 18.7 Å². The number of likely N-dealkylation sites (N-methyl/N-ethyl adjacent to an activating group) is 1. The van der Waals surface area contributed by atoms with E-state index in [9.17, 15) is 4.79 Å². The van der Waals surface area contributed by atoms with Crippen LogP contribution in [0.5, 0.6) is 0 Å². The summed E-state index contributed by atoms with van der Waals surface area (Å²) in [4.78, 5) is 12.8. The van der Waals surface area contributed by atoms with E-state index in [1.165, 1.54) is 0 Å². The van der Waals surface area contributed by atoms with Crippen LogP contribution in [-0.2, 0) is 4.79 Å². The molecule has 0 aromatic carbocycles. The van der Waals surface area contributed by atoms with E-state index in [1.807, 2.05) is 6.92 Å². The number of amides is 1. The molecule has 0 aliphatic rings. The van der Waals surface area contributed by atoms with Gasteiger partial charge in [-0.25, -0.2) is 0 Å². The highest BCUT2D eigenvalue weighted by molar-refractivity contribution is 7.80. The third kappa shape index (κ3) is 3.62. The molecule has 0 saturated carbocycles. The summed E-state index contributed by atoms with van der Waals surface area (Å²) in [5.74, 6) is 0.707. The summed E-state index contributed by atoms with van der Waals surface area (Å²) < 4.78 is 0. The number of nitrogens with zero attached hydrogens (tertiary/aromatic N) is 1. The van der Waals surface area contributed by atoms with Gasteiger partial charge in [0.25, 0.3) is 0 Å². The molecule has 0 saturated heterocycles. The monoisotopic (exact) mass is 176 g/mol. The zero-order valence-corrected chi connectivity index (χ0v) is 7.97. The van der Waals surface area contributed by atoms with Gasteiger partial charge in [-0.2, -0.15) is 12.6 Å². The first-order valence-electron chi connectivity index (χ1n) is 3.70. The lowest BCUT2D eigenvalue weighted by Crippen LogP contribution is -2.39. The molecule has 1 atom stereocenters. The van der Waals surface area contributed by atoms with Gasteiger partial charge in [0, 0.05) is 26.1 Å². The first kappa shape index (κ1) is 10.8. The van der Waals surface area contributed by atoms with E-state index < -0.39 is 0 Å². The zero-order chi connectivity index (χ0) is 8.85. The van der Waals surface area contributed by atoms with Crippen molar-refractivity contribution < 1.29 is 4.79 Å². The molecule has 0 heterocycles. The summed E-state index contributed by atoms with van der Waals surface area (Å²) in [6.45, 7) is 2.44. The first-order chi connectivity index (χ1) is 5.13. The van der Waals surface area contributed by atoms with E-state index in [1.54, 1.807) is 11.9 Å². The lowest BCUT2D eigenvalue weighted by molar-refractivity contribution is -0.131. The quantitative estimate of drug-likeness (QED) is 0.597. The summed E-state index contributed by atoms with van der Waals surface area (Å²) in [7, 11) is 1.77. The van der Waals surface area contributed by atoms with Gasteiger partial charge in [0.2, 0.25) is 5.91 Å². The molecule has 0 aliphatic heterocycles. The van der Waals surface area contributed by atoms with Gasteiger partial charge in [-0.15, -0.1) is 0 Å². The fraction of sp³-hybridized carbons (Fsp3) is 0.857. The summed E-state index contributed by atoms with van der Waals surface area (Å²) in [6, 6.07) is 0.127. The number of rotatable bonds is 4. The molecule has 1 amide bonds. The summed E-state index contributed by atoms with van der Waals surface area (Å²) in [5.41, 5.74) is 5.39. The lowest BCUT2D eigenvalue weighted by Gasteiger charge is -2.23. The standard InChI is InChI=1S/C7H16N2OS/c1-6(5-8)9(2)7(10)3-4-11/h6,11H,3-5,8H2,1-2H3. The average molecular weight is 176 g/mol. The zero-order valence-electron chi connectivity index (χ0n) is 7.08. The number of thiol groups is 1. The van der Waals surface area contributed by atoms with Crippen LogP contribution in [-0.4, -0.2) is 36.2 Å². The van der Waals surface area contributed by atoms with Gasteiger partial charge < -0.3 is 10.6 Å². The molecule has 0 rings (SSSR count). The van der Waals surface area contributed by atoms with E-state index in [2.05, 4.69) is 12.6 Å². The van der Waals surface area contributed by atoms with Crippen molar-refractivity contribution in [2.45, 2.75) is 19.4 Å². The van der Waals surface area contributed by atoms with Crippen LogP contribution in [0.3, 0.4) is 0 Å². The molecule has 0 fully saturated rings. The third-order valence-electron chi connectivity index (χ3n) is 1.72. The summed E-state index contributed by atoms with van der Waals surface area (Å²) >= 11 is 3.97. The molecule has 0 bridgehead atoms. The molecule has 11 heavy (non-hydrogen) atoms. The van der Waals surface area contributed by atoms with Gasteiger partial charge in [-0.05, 0) is 12.7 Å². The Morgan fingerprint density at radius 3 is 2.64 bits per heavy atom. The second-order valence-electron chi connectivity index (χ2n) is 2.56. The highest BCUT2D eigenvalue weighted by atomic mass is 32.1. The van der Waals surface area contributed by atoms with Crippen LogP contribution in [0.15, 0.2) is 0 Å². The molecule has 0 aliphatic carbocycles. The average Bonchev–Trinajstić information content (AvgIpc) is 2.02. The normalized spacial score (nSPS) is 12.7. The second kappa shape index (κ2) is 5.43. The Hall–Kier alpha value is -0.220. The second-order valence-corrected chi connectivity index (χ2v) is 3.01. The van der Waals surface area contributed by atoms with Gasteiger partial charge in [0.15, 0.2) is 0 Å². The largest absolute Gasteiger partial charge is 0.342 e. The first-order valence-corrected chi connectivity index (χ1v) is 4.33. The topological polar surface area (TPSA) is 46.3 Å². The maximum Gasteiger partial charge on any atom is 0.223 e. The van der Waals surface area contributed by atoms with Crippen LogP contribution in [0.2, 0.25) is 0 Å². The molecule has 2 N–H and O–H groups in total. The molecule has 4 heteroatoms. The predicted octanol–water partition coefficient (Wildman–Crippen LogP) is 0.112. The molecule has 0 aromatic heterocycles. The number of carbonyl (C=O) groups is 1. The van der Waals surface area contributed by atoms with Crippen LogP contribution in [0.4, 0.5) is 0 Å². The Morgan fingerprint density at radius 2 is 2.27 bits per heavy atom. The van der Waals surface area contributed by atoms with Crippen molar-refractivity contribution >= 4 is 18.5 Å². The Balaban J connectivity index is 3.80. The molecular weight excluding hydrogens is 160 g/mol. The minimum atomic E-state index is 0.109. The van der Waals surface area contributed by atoms with E-state index in [0.717, 1.165) is 0 Å². The highest BCUT2D eigenvalue weighted by Gasteiger charge is 2.12. The predicted molar refractivity (Wildman–Crippen MR) is 49.8 cm³/mol. The molecule has 0 spiro atoms. The fourth-order valence-corrected chi connectivity index (χ4v) is 0.867. The maximum absolute atomic E-state index is 11.2. The molecular formula is C7H16N2OS. The molecule has 66 valence electrons. The van der Waals surface area contributed by atoms with Crippen LogP contribution in [0.1, 0.15) is 13.3 Å². The summed E-state index contributed by atoms with van der Waals surface area (Å²) in [6.07, 6.45) is 0.490. The van der Waals surface area contributed by atoms with Crippen molar-refractivity contribution in [3.63, 3.8) is 0 Å². The fourth-order valence-electron chi connectivity index (χ4n) is 0.676. The van der Waals surface area contributed by atoms with Crippen molar-refractivity contribution in [3.05, 3.63) is 0 Å². The highest BCUT2D eigenvalue weighted by Crippen LogP contribution is 1.97. The lowest BCUT2D eigenvalue weighted by atomic mass is 10.3. The van der Waals surface area contributed by atoms with Crippen molar-refractivity contribution in [3.8, 4) is 0 Å². The summed E-state index contributed by atoms with van der Waals surface area (Å²) in [5, 5.41) is 0. The van der Waals surface area contributed by atoms with E-state index in [4.69, 9.17) is 5.73 Å². The van der Waals surface area contributed by atoms with Gasteiger partial charge in [0.05, 0.1) is 0 Å². The smallest absolute Gasteiger partial charge is 0.223 e. The van der Waals surface area contributed by atoms with E-state index in [-0.39, 0.29) is 11.9 Å². The van der Waals surface area contributed by atoms with Gasteiger partial charge in [0.1, 0.15) is 0 Å². The minimum Gasteiger partial charge on any atom is -0.342 e. The van der Waals surface area contributed by atoms with Crippen LogP contribution < -0.4 is 5.73 Å². The maximum atomic E-state index is 11.2. The molecule has 0 aromatic rings. The van der Waals surface area contributed by atoms with Crippen LogP contribution in [0, 0.1) is 0 Å². The Bertz CT molecular complexity index is 130. The van der Waals surface area contributed by atoms with Crippen LogP contribution in [0.25, 0.3) is 0 Å². The van der Waals surface area contributed by atoms with E-state index >= 15 is 0 Å². The minimum absolute atomic E-state index is 0.109. The Labute approximate surface area is 73.3 Å². The number of carbonyl (C=O) groups excluding carboxylic acids is 1. The molecule has 1 unspecified atom stereocenters. The van der Waals surface area contributed by atoms with Crippen molar-refractivity contribution in [1.29, 1.82) is 0 Å². The number of nitrogens with two attached hydrogens (primary N) is 1. The third-order valence-corrected chi connectivity index (χ3v) is 1.94. The van der Waals surface area contributed by atoms with Crippen LogP contribution >= 0.6 is 12.6 Å². The van der Waals surface area contributed by atoms with Crippen molar-refractivity contribution in [2.24, 2.45) is 5.73 Å². The van der Waals surface area contributed by atoms with Crippen molar-refractivity contribution in [1.82, 2.24) is 4.90 Å². The van der Waals surface area contributed by atoms with Gasteiger partial charge >= 0.3 is 0 Å². The number of hydrogen-bond donors (Lipinski definition) is 2. The SMILES string of the molecule is CC(CN)N(C)C(=O)CCS.